The lowest BCUT2D eigenvalue weighted by atomic mass is 9.87. The number of H-pyrrole nitrogens is 1. The Hall–Kier alpha value is -2.16. The summed E-state index contributed by atoms with van der Waals surface area (Å²) < 4.78 is 0. The summed E-state index contributed by atoms with van der Waals surface area (Å²) in [5, 5.41) is 0. The van der Waals surface area contributed by atoms with Crippen molar-refractivity contribution in [2.24, 2.45) is 0 Å². The van der Waals surface area contributed by atoms with Gasteiger partial charge in [-0.2, -0.15) is 0 Å². The molecule has 1 aromatic carbocycles. The fourth-order valence-corrected chi connectivity index (χ4v) is 1.91. The first kappa shape index (κ1) is 8.17. The highest BCUT2D eigenvalue weighted by molar-refractivity contribution is 6.28. The largest absolute Gasteiger partial charge is 0.366 e. The average molecular weight is 197 g/mol. The van der Waals surface area contributed by atoms with Crippen LogP contribution in [0.5, 0.6) is 0 Å². The van der Waals surface area contributed by atoms with E-state index in [9.17, 15) is 9.59 Å². The van der Waals surface area contributed by atoms with Crippen LogP contribution >= 0.6 is 0 Å². The minimum Gasteiger partial charge on any atom is -0.366 e. The second-order valence-electron chi connectivity index (χ2n) is 3.49. The Kier molecular flexibility index (Phi) is 1.45. The van der Waals surface area contributed by atoms with Gasteiger partial charge in [-0.25, -0.2) is 0 Å². The van der Waals surface area contributed by atoms with Crippen molar-refractivity contribution in [1.29, 1.82) is 0 Å². The zero-order valence-corrected chi connectivity index (χ0v) is 7.78. The summed E-state index contributed by atoms with van der Waals surface area (Å²) in [6.45, 7) is 0. The molecule has 0 bridgehead atoms. The first-order chi connectivity index (χ1) is 7.29. The monoisotopic (exact) mass is 197 g/mol. The summed E-state index contributed by atoms with van der Waals surface area (Å²) in [6, 6.07) is 6.90. The summed E-state index contributed by atoms with van der Waals surface area (Å²) in [5.41, 5.74) is 1.93. The Labute approximate surface area is 85.7 Å². The van der Waals surface area contributed by atoms with Gasteiger partial charge in [0.05, 0.1) is 11.1 Å². The second kappa shape index (κ2) is 2.67. The van der Waals surface area contributed by atoms with Crippen LogP contribution in [0.4, 0.5) is 0 Å². The SMILES string of the molecule is O=C1c2ccccc2C(=O)c2c[nH]cc21. The van der Waals surface area contributed by atoms with Gasteiger partial charge in [0.25, 0.3) is 0 Å². The van der Waals surface area contributed by atoms with Crippen molar-refractivity contribution >= 4 is 11.6 Å². The lowest BCUT2D eigenvalue weighted by Gasteiger charge is -2.13. The van der Waals surface area contributed by atoms with Gasteiger partial charge in [-0.05, 0) is 0 Å². The normalized spacial score (nSPS) is 13.6. The van der Waals surface area contributed by atoms with E-state index in [0.717, 1.165) is 0 Å². The number of rotatable bonds is 0. The third-order valence-corrected chi connectivity index (χ3v) is 2.65. The number of aromatic nitrogens is 1. The number of hydrogen-bond acceptors (Lipinski definition) is 2. The summed E-state index contributed by atoms with van der Waals surface area (Å²) in [5.74, 6) is -0.164. The fourth-order valence-electron chi connectivity index (χ4n) is 1.91. The van der Waals surface area contributed by atoms with E-state index >= 15 is 0 Å². The number of nitrogens with one attached hydrogen (secondary N) is 1. The third kappa shape index (κ3) is 0.944. The minimum atomic E-state index is -0.0820. The van der Waals surface area contributed by atoms with Crippen molar-refractivity contribution in [3.05, 3.63) is 58.9 Å². The van der Waals surface area contributed by atoms with Crippen molar-refractivity contribution in [2.45, 2.75) is 0 Å². The number of benzene rings is 1. The molecule has 2 aromatic rings. The van der Waals surface area contributed by atoms with Crippen LogP contribution in [0.25, 0.3) is 0 Å². The van der Waals surface area contributed by atoms with Crippen LogP contribution < -0.4 is 0 Å². The van der Waals surface area contributed by atoms with Crippen molar-refractivity contribution in [2.75, 3.05) is 0 Å². The van der Waals surface area contributed by atoms with Crippen LogP contribution in [0.2, 0.25) is 0 Å². The molecule has 1 aliphatic rings. The molecule has 3 rings (SSSR count). The molecular weight excluding hydrogens is 190 g/mol. The van der Waals surface area contributed by atoms with E-state index in [1.807, 2.05) is 0 Å². The number of hydrogen-bond donors (Lipinski definition) is 1. The molecule has 0 fully saturated rings. The highest BCUT2D eigenvalue weighted by atomic mass is 16.1. The molecule has 15 heavy (non-hydrogen) atoms. The molecule has 0 radical (unpaired) electrons. The molecule has 0 unspecified atom stereocenters. The van der Waals surface area contributed by atoms with Crippen LogP contribution in [0.3, 0.4) is 0 Å². The molecule has 0 spiro atoms. The van der Waals surface area contributed by atoms with Crippen LogP contribution in [-0.2, 0) is 0 Å². The molecule has 0 aliphatic heterocycles. The third-order valence-electron chi connectivity index (χ3n) is 2.65. The van der Waals surface area contributed by atoms with Gasteiger partial charge >= 0.3 is 0 Å². The second-order valence-corrected chi connectivity index (χ2v) is 3.49. The molecule has 1 aliphatic carbocycles. The molecule has 72 valence electrons. The van der Waals surface area contributed by atoms with E-state index < -0.39 is 0 Å². The van der Waals surface area contributed by atoms with E-state index in [4.69, 9.17) is 0 Å². The zero-order chi connectivity index (χ0) is 10.4. The maximum atomic E-state index is 11.9. The first-order valence-corrected chi connectivity index (χ1v) is 4.64. The lowest BCUT2D eigenvalue weighted by molar-refractivity contribution is 0.0980. The Morgan fingerprint density at radius 1 is 0.733 bits per heavy atom. The van der Waals surface area contributed by atoms with Crippen LogP contribution in [0.15, 0.2) is 36.7 Å². The minimum absolute atomic E-state index is 0.0820. The van der Waals surface area contributed by atoms with E-state index in [2.05, 4.69) is 4.98 Å². The standard InChI is InChI=1S/C12H7NO2/c14-11-7-3-1-2-4-8(7)12(15)10-6-13-5-9(10)11/h1-6,13H. The maximum Gasteiger partial charge on any atom is 0.196 e. The van der Waals surface area contributed by atoms with Crippen LogP contribution in [0.1, 0.15) is 31.8 Å². The molecular formula is C12H7NO2. The summed E-state index contributed by atoms with van der Waals surface area (Å²) in [4.78, 5) is 26.7. The van der Waals surface area contributed by atoms with Gasteiger partial charge < -0.3 is 4.98 Å². The number of carbonyl (C=O) groups excluding carboxylic acids is 2. The average Bonchev–Trinajstić information content (AvgIpc) is 2.75. The fraction of sp³-hybridized carbons (Fsp3) is 0. The molecule has 1 heterocycles. The summed E-state index contributed by atoms with van der Waals surface area (Å²) in [6.07, 6.45) is 3.15. The quantitative estimate of drug-likeness (QED) is 0.597. The van der Waals surface area contributed by atoms with E-state index in [-0.39, 0.29) is 11.6 Å². The molecule has 0 amide bonds. The first-order valence-electron chi connectivity index (χ1n) is 4.64. The van der Waals surface area contributed by atoms with E-state index in [1.165, 1.54) is 0 Å². The van der Waals surface area contributed by atoms with Gasteiger partial charge in [0.15, 0.2) is 11.6 Å². The summed E-state index contributed by atoms with van der Waals surface area (Å²) in [7, 11) is 0. The molecule has 0 saturated carbocycles. The molecule has 1 N–H and O–H groups in total. The van der Waals surface area contributed by atoms with Gasteiger partial charge in [-0.3, -0.25) is 9.59 Å². The van der Waals surface area contributed by atoms with Crippen molar-refractivity contribution in [1.82, 2.24) is 4.98 Å². The van der Waals surface area contributed by atoms with E-state index in [0.29, 0.717) is 22.3 Å². The molecule has 1 aromatic heterocycles. The van der Waals surface area contributed by atoms with Crippen molar-refractivity contribution in [3.8, 4) is 0 Å². The number of ketones is 2. The number of carbonyl (C=O) groups is 2. The summed E-state index contributed by atoms with van der Waals surface area (Å²) >= 11 is 0. The van der Waals surface area contributed by atoms with Crippen molar-refractivity contribution < 1.29 is 9.59 Å². The highest BCUT2D eigenvalue weighted by Gasteiger charge is 2.29. The van der Waals surface area contributed by atoms with Crippen LogP contribution in [-0.4, -0.2) is 16.6 Å². The van der Waals surface area contributed by atoms with E-state index in [1.54, 1.807) is 36.7 Å². The van der Waals surface area contributed by atoms with Crippen molar-refractivity contribution in [3.63, 3.8) is 0 Å². The topological polar surface area (TPSA) is 49.9 Å². The zero-order valence-electron chi connectivity index (χ0n) is 7.78. The van der Waals surface area contributed by atoms with Gasteiger partial charge in [0, 0.05) is 23.5 Å². The highest BCUT2D eigenvalue weighted by Crippen LogP contribution is 2.26. The van der Waals surface area contributed by atoms with Gasteiger partial charge in [0.2, 0.25) is 0 Å². The Bertz CT molecular complexity index is 531. The predicted molar refractivity (Wildman–Crippen MR) is 54.1 cm³/mol. The molecule has 3 nitrogen and oxygen atoms in total. The lowest BCUT2D eigenvalue weighted by Crippen LogP contribution is -2.18. The number of fused-ring (bicyclic) bond motifs is 2. The smallest absolute Gasteiger partial charge is 0.196 e. The van der Waals surface area contributed by atoms with Gasteiger partial charge in [-0.15, -0.1) is 0 Å². The molecule has 3 heteroatoms. The Morgan fingerprint density at radius 2 is 1.20 bits per heavy atom. The maximum absolute atomic E-state index is 11.9. The van der Waals surface area contributed by atoms with Gasteiger partial charge in [0.1, 0.15) is 0 Å². The van der Waals surface area contributed by atoms with Crippen LogP contribution in [0, 0.1) is 0 Å². The number of aromatic amines is 1. The Balaban J connectivity index is 2.36. The Morgan fingerprint density at radius 3 is 1.67 bits per heavy atom. The predicted octanol–water partition coefficient (Wildman–Crippen LogP) is 1.79. The molecule has 0 atom stereocenters. The molecule has 0 saturated heterocycles. The van der Waals surface area contributed by atoms with Gasteiger partial charge in [-0.1, -0.05) is 24.3 Å².